The van der Waals surface area contributed by atoms with E-state index in [1.807, 2.05) is 35.2 Å². The van der Waals surface area contributed by atoms with Gasteiger partial charge in [-0.15, -0.1) is 0 Å². The third-order valence-electron chi connectivity index (χ3n) is 7.30. The predicted molar refractivity (Wildman–Crippen MR) is 144 cm³/mol. The smallest absolute Gasteiger partial charge is 0.394 e. The number of morpholine rings is 1. The standard InChI is InChI=1S/C29H34F6N4O3/c1-21(36-42-16-13-37-11-14-41-15-12-37)19-38-9-10-39(24(20-38)17-22-5-3-2-4-6-22)27(40)25-18-23(28(30,31)32)7-8-26(25)29(33,34)35/h2-8,18,24H,9-17,19-20H2,1H3/b36-21+. The Morgan fingerprint density at radius 3 is 2.33 bits per heavy atom. The van der Waals surface area contributed by atoms with Gasteiger partial charge in [-0.1, -0.05) is 35.5 Å². The highest BCUT2D eigenvalue weighted by molar-refractivity contribution is 5.96. The normalized spacial score (nSPS) is 19.6. The molecular formula is C29H34F6N4O3. The van der Waals surface area contributed by atoms with Gasteiger partial charge in [0, 0.05) is 51.9 Å². The number of ether oxygens (including phenoxy) is 1. The molecule has 1 unspecified atom stereocenters. The van der Waals surface area contributed by atoms with Crippen LogP contribution in [0, 0.1) is 0 Å². The van der Waals surface area contributed by atoms with Crippen LogP contribution in [0.5, 0.6) is 0 Å². The highest BCUT2D eigenvalue weighted by atomic mass is 19.4. The summed E-state index contributed by atoms with van der Waals surface area (Å²) in [6.07, 6.45) is -9.58. The van der Waals surface area contributed by atoms with E-state index in [4.69, 9.17) is 9.57 Å². The number of alkyl halides is 6. The molecule has 2 aromatic carbocycles. The van der Waals surface area contributed by atoms with Gasteiger partial charge in [0.2, 0.25) is 0 Å². The quantitative estimate of drug-likeness (QED) is 0.179. The lowest BCUT2D eigenvalue weighted by Gasteiger charge is -2.42. The number of carbonyl (C=O) groups excluding carboxylic acids is 1. The minimum atomic E-state index is -5.00. The van der Waals surface area contributed by atoms with Crippen LogP contribution in [-0.2, 0) is 28.3 Å². The van der Waals surface area contributed by atoms with E-state index in [0.29, 0.717) is 69.8 Å². The van der Waals surface area contributed by atoms with E-state index in [-0.39, 0.29) is 6.54 Å². The molecule has 2 heterocycles. The number of carbonyl (C=O) groups is 1. The van der Waals surface area contributed by atoms with Crippen LogP contribution in [0.4, 0.5) is 26.3 Å². The number of piperazine rings is 1. The number of oxime groups is 1. The molecule has 4 rings (SSSR count). The van der Waals surface area contributed by atoms with E-state index in [1.165, 1.54) is 4.90 Å². The molecule has 2 aromatic rings. The Labute approximate surface area is 240 Å². The van der Waals surface area contributed by atoms with Gasteiger partial charge in [0.1, 0.15) is 6.61 Å². The number of nitrogens with zero attached hydrogens (tertiary/aromatic N) is 4. The fourth-order valence-corrected chi connectivity index (χ4v) is 5.19. The second-order valence-electron chi connectivity index (χ2n) is 10.4. The van der Waals surface area contributed by atoms with E-state index in [1.54, 1.807) is 6.92 Å². The van der Waals surface area contributed by atoms with Crippen molar-refractivity contribution in [3.63, 3.8) is 0 Å². The zero-order chi connectivity index (χ0) is 30.3. The molecule has 13 heteroatoms. The van der Waals surface area contributed by atoms with Crippen molar-refractivity contribution in [2.45, 2.75) is 31.7 Å². The Balaban J connectivity index is 1.49. The fraction of sp³-hybridized carbons (Fsp3) is 0.517. The van der Waals surface area contributed by atoms with Gasteiger partial charge in [-0.3, -0.25) is 14.6 Å². The van der Waals surface area contributed by atoms with Crippen LogP contribution in [-0.4, -0.2) is 98.0 Å². The molecule has 0 aliphatic carbocycles. The molecule has 7 nitrogen and oxygen atoms in total. The average molecular weight is 601 g/mol. The zero-order valence-electron chi connectivity index (χ0n) is 23.3. The van der Waals surface area contributed by atoms with Crippen molar-refractivity contribution in [1.82, 2.24) is 14.7 Å². The molecule has 2 aliphatic rings. The van der Waals surface area contributed by atoms with Gasteiger partial charge in [0.25, 0.3) is 5.91 Å². The number of benzene rings is 2. The maximum Gasteiger partial charge on any atom is 0.417 e. The van der Waals surface area contributed by atoms with Gasteiger partial charge in [0.15, 0.2) is 0 Å². The van der Waals surface area contributed by atoms with E-state index in [0.717, 1.165) is 25.2 Å². The van der Waals surface area contributed by atoms with Crippen LogP contribution in [0.3, 0.4) is 0 Å². The van der Waals surface area contributed by atoms with Crippen LogP contribution in [0.25, 0.3) is 0 Å². The Morgan fingerprint density at radius 2 is 1.67 bits per heavy atom. The van der Waals surface area contributed by atoms with E-state index in [9.17, 15) is 31.1 Å². The van der Waals surface area contributed by atoms with Gasteiger partial charge in [-0.25, -0.2) is 0 Å². The Kier molecular flexibility index (Phi) is 10.5. The van der Waals surface area contributed by atoms with Gasteiger partial charge in [0.05, 0.1) is 35.6 Å². The summed E-state index contributed by atoms with van der Waals surface area (Å²) < 4.78 is 86.9. The number of hydrogen-bond donors (Lipinski definition) is 0. The van der Waals surface area contributed by atoms with Gasteiger partial charge >= 0.3 is 12.4 Å². The first kappa shape index (κ1) is 31.8. The second-order valence-corrected chi connectivity index (χ2v) is 10.4. The van der Waals surface area contributed by atoms with Gasteiger partial charge < -0.3 is 14.5 Å². The number of rotatable bonds is 9. The molecule has 0 spiro atoms. The minimum absolute atomic E-state index is 0.0368. The number of halogens is 6. The monoisotopic (exact) mass is 600 g/mol. The Morgan fingerprint density at radius 1 is 0.952 bits per heavy atom. The van der Waals surface area contributed by atoms with Crippen molar-refractivity contribution in [3.05, 3.63) is 70.8 Å². The summed E-state index contributed by atoms with van der Waals surface area (Å²) in [6.45, 7) is 7.02. The van der Waals surface area contributed by atoms with Gasteiger partial charge in [-0.2, -0.15) is 26.3 Å². The molecule has 0 N–H and O–H groups in total. The summed E-state index contributed by atoms with van der Waals surface area (Å²) in [5.41, 5.74) is -2.17. The highest BCUT2D eigenvalue weighted by Gasteiger charge is 2.41. The molecule has 42 heavy (non-hydrogen) atoms. The van der Waals surface area contributed by atoms with Crippen LogP contribution in [0.1, 0.15) is 34.0 Å². The summed E-state index contributed by atoms with van der Waals surface area (Å²) in [5, 5.41) is 4.19. The first-order valence-corrected chi connectivity index (χ1v) is 13.7. The molecule has 2 fully saturated rings. The molecule has 1 amide bonds. The van der Waals surface area contributed by atoms with Crippen molar-refractivity contribution in [2.75, 3.05) is 65.6 Å². The molecule has 1 atom stereocenters. The lowest BCUT2D eigenvalue weighted by Crippen LogP contribution is -2.56. The topological polar surface area (TPSA) is 57.6 Å². The maximum atomic E-state index is 13.8. The third kappa shape index (κ3) is 8.68. The predicted octanol–water partition coefficient (Wildman–Crippen LogP) is 4.82. The Bertz CT molecular complexity index is 1220. The zero-order valence-corrected chi connectivity index (χ0v) is 23.3. The van der Waals surface area contributed by atoms with Crippen molar-refractivity contribution < 1.29 is 40.7 Å². The van der Waals surface area contributed by atoms with Crippen LogP contribution >= 0.6 is 0 Å². The van der Waals surface area contributed by atoms with Crippen molar-refractivity contribution in [3.8, 4) is 0 Å². The molecule has 0 bridgehead atoms. The molecule has 0 radical (unpaired) electrons. The summed E-state index contributed by atoms with van der Waals surface area (Å²) in [6, 6.07) is 9.51. The largest absolute Gasteiger partial charge is 0.417 e. The minimum Gasteiger partial charge on any atom is -0.394 e. The third-order valence-corrected chi connectivity index (χ3v) is 7.30. The number of hydrogen-bond acceptors (Lipinski definition) is 6. The SMILES string of the molecule is C/C(CN1CCN(C(=O)c2cc(C(F)(F)F)ccc2C(F)(F)F)C(Cc2ccccc2)C1)=N\OCCN1CCOCC1. The van der Waals surface area contributed by atoms with E-state index < -0.39 is 41.0 Å². The lowest BCUT2D eigenvalue weighted by molar-refractivity contribution is -0.141. The Hall–Kier alpha value is -3.16. The second kappa shape index (κ2) is 13.9. The first-order valence-electron chi connectivity index (χ1n) is 13.7. The fourth-order valence-electron chi connectivity index (χ4n) is 5.19. The summed E-state index contributed by atoms with van der Waals surface area (Å²) in [7, 11) is 0. The molecule has 0 aromatic heterocycles. The molecule has 230 valence electrons. The van der Waals surface area contributed by atoms with E-state index >= 15 is 0 Å². The van der Waals surface area contributed by atoms with Crippen molar-refractivity contribution in [1.29, 1.82) is 0 Å². The van der Waals surface area contributed by atoms with E-state index in [2.05, 4.69) is 10.1 Å². The van der Waals surface area contributed by atoms with Crippen molar-refractivity contribution in [2.24, 2.45) is 5.16 Å². The summed E-state index contributed by atoms with van der Waals surface area (Å²) >= 11 is 0. The molecular weight excluding hydrogens is 566 g/mol. The number of amides is 1. The summed E-state index contributed by atoms with van der Waals surface area (Å²) in [4.78, 5) is 24.5. The van der Waals surface area contributed by atoms with Crippen LogP contribution in [0.2, 0.25) is 0 Å². The van der Waals surface area contributed by atoms with Crippen molar-refractivity contribution >= 4 is 11.6 Å². The summed E-state index contributed by atoms with van der Waals surface area (Å²) in [5.74, 6) is -1.08. The van der Waals surface area contributed by atoms with Crippen LogP contribution < -0.4 is 0 Å². The van der Waals surface area contributed by atoms with Gasteiger partial charge in [-0.05, 0) is 37.1 Å². The first-order chi connectivity index (χ1) is 19.9. The molecule has 2 aliphatic heterocycles. The average Bonchev–Trinajstić information content (AvgIpc) is 2.95. The highest BCUT2D eigenvalue weighted by Crippen LogP contribution is 2.37. The van der Waals surface area contributed by atoms with Crippen LogP contribution in [0.15, 0.2) is 53.7 Å². The maximum absolute atomic E-state index is 13.8. The lowest BCUT2D eigenvalue weighted by atomic mass is 9.97. The molecule has 0 saturated carbocycles. The molecule has 2 saturated heterocycles.